The number of carbonyl (C=O) groups excluding carboxylic acids is 1. The first-order valence-corrected chi connectivity index (χ1v) is 10.5. The fourth-order valence-electron chi connectivity index (χ4n) is 3.52. The number of hydrogen-bond donors (Lipinski definition) is 1. The van der Waals surface area contributed by atoms with Crippen LogP contribution in [0.2, 0.25) is 0 Å². The molecule has 1 fully saturated rings. The third kappa shape index (κ3) is 3.81. The summed E-state index contributed by atoms with van der Waals surface area (Å²) in [6, 6.07) is 7.40. The van der Waals surface area contributed by atoms with Crippen LogP contribution >= 0.6 is 11.3 Å². The number of piperidine rings is 1. The summed E-state index contributed by atoms with van der Waals surface area (Å²) in [7, 11) is 0. The summed E-state index contributed by atoms with van der Waals surface area (Å²) in [5.41, 5.74) is 0.720. The molecule has 1 unspecified atom stereocenters. The van der Waals surface area contributed by atoms with Crippen molar-refractivity contribution in [3.8, 4) is 17.3 Å². The molecule has 5 heterocycles. The first-order valence-electron chi connectivity index (χ1n) is 9.63. The highest BCUT2D eigenvalue weighted by atomic mass is 32.1. The third-order valence-electron chi connectivity index (χ3n) is 5.00. The van der Waals surface area contributed by atoms with Crippen molar-refractivity contribution < 1.29 is 9.21 Å². The van der Waals surface area contributed by atoms with Gasteiger partial charge in [-0.3, -0.25) is 4.79 Å². The smallest absolute Gasteiger partial charge is 0.231 e. The van der Waals surface area contributed by atoms with Gasteiger partial charge in [-0.25, -0.2) is 19.6 Å². The number of anilines is 2. The van der Waals surface area contributed by atoms with E-state index in [0.29, 0.717) is 23.3 Å². The van der Waals surface area contributed by atoms with E-state index < -0.39 is 0 Å². The molecule has 0 radical (unpaired) electrons. The second kappa shape index (κ2) is 8.07. The van der Waals surface area contributed by atoms with Gasteiger partial charge in [-0.1, -0.05) is 0 Å². The van der Waals surface area contributed by atoms with Crippen LogP contribution in [0.3, 0.4) is 0 Å². The average Bonchev–Trinajstić information content (AvgIpc) is 3.56. The van der Waals surface area contributed by atoms with Gasteiger partial charge >= 0.3 is 0 Å². The molecular weight excluding hydrogens is 402 g/mol. The Bertz CT molecular complexity index is 1120. The molecule has 0 aliphatic carbocycles. The fourth-order valence-corrected chi connectivity index (χ4v) is 4.22. The first-order chi connectivity index (χ1) is 14.8. The maximum absolute atomic E-state index is 12.9. The summed E-state index contributed by atoms with van der Waals surface area (Å²) in [4.78, 5) is 28.1. The van der Waals surface area contributed by atoms with Gasteiger partial charge in [0.25, 0.3) is 0 Å². The summed E-state index contributed by atoms with van der Waals surface area (Å²) in [6.45, 7) is 1.44. The Morgan fingerprint density at radius 2 is 2.20 bits per heavy atom. The number of nitrogens with zero attached hydrogens (tertiary/aromatic N) is 6. The Kier molecular flexibility index (Phi) is 4.98. The Morgan fingerprint density at radius 3 is 3.03 bits per heavy atom. The average molecular weight is 421 g/mol. The Balaban J connectivity index is 1.26. The molecule has 1 aliphatic heterocycles. The van der Waals surface area contributed by atoms with E-state index >= 15 is 0 Å². The molecule has 4 aromatic heterocycles. The second-order valence-corrected chi connectivity index (χ2v) is 7.83. The summed E-state index contributed by atoms with van der Waals surface area (Å²) in [5.74, 6) is 2.01. The van der Waals surface area contributed by atoms with Crippen LogP contribution in [0.4, 0.5) is 10.9 Å². The summed E-state index contributed by atoms with van der Waals surface area (Å²) in [5, 5.41) is 9.62. The lowest BCUT2D eigenvalue weighted by molar-refractivity contribution is -0.120. The van der Waals surface area contributed by atoms with Crippen LogP contribution in [0.5, 0.6) is 0 Å². The minimum absolute atomic E-state index is 0.0265. The highest BCUT2D eigenvalue weighted by Crippen LogP contribution is 2.27. The number of furan rings is 1. The van der Waals surface area contributed by atoms with Gasteiger partial charge in [0.2, 0.25) is 5.91 Å². The van der Waals surface area contributed by atoms with Crippen LogP contribution in [-0.4, -0.2) is 43.7 Å². The molecule has 5 rings (SSSR count). The number of rotatable bonds is 5. The van der Waals surface area contributed by atoms with E-state index in [1.54, 1.807) is 17.1 Å². The molecule has 4 aromatic rings. The number of hydrogen-bond acceptors (Lipinski definition) is 8. The Labute approximate surface area is 176 Å². The van der Waals surface area contributed by atoms with Crippen LogP contribution in [0, 0.1) is 5.92 Å². The minimum Gasteiger partial charge on any atom is -0.463 e. The maximum atomic E-state index is 12.9. The van der Waals surface area contributed by atoms with Crippen molar-refractivity contribution in [2.45, 2.75) is 12.8 Å². The summed E-state index contributed by atoms with van der Waals surface area (Å²) >= 11 is 1.39. The molecule has 152 valence electrons. The Hall–Kier alpha value is -3.53. The largest absolute Gasteiger partial charge is 0.463 e. The zero-order valence-electron chi connectivity index (χ0n) is 16.0. The maximum Gasteiger partial charge on any atom is 0.231 e. The second-order valence-electron chi connectivity index (χ2n) is 6.97. The van der Waals surface area contributed by atoms with Crippen LogP contribution in [-0.2, 0) is 4.79 Å². The van der Waals surface area contributed by atoms with Crippen LogP contribution in [0.1, 0.15) is 12.8 Å². The van der Waals surface area contributed by atoms with Gasteiger partial charge in [0.05, 0.1) is 12.2 Å². The molecule has 0 aromatic carbocycles. The van der Waals surface area contributed by atoms with Gasteiger partial charge in [-0.05, 0) is 31.0 Å². The Morgan fingerprint density at radius 1 is 1.27 bits per heavy atom. The number of aromatic nitrogens is 5. The van der Waals surface area contributed by atoms with Crippen LogP contribution in [0.15, 0.2) is 59.0 Å². The summed E-state index contributed by atoms with van der Waals surface area (Å²) in [6.07, 6.45) is 8.42. The first kappa shape index (κ1) is 18.5. The number of nitrogens with one attached hydrogen (secondary N) is 1. The van der Waals surface area contributed by atoms with Gasteiger partial charge in [-0.2, -0.15) is 5.10 Å². The van der Waals surface area contributed by atoms with E-state index in [-0.39, 0.29) is 11.8 Å². The fraction of sp³-hybridized carbons (Fsp3) is 0.250. The van der Waals surface area contributed by atoms with Gasteiger partial charge in [0, 0.05) is 36.9 Å². The standard InChI is InChI=1S/C20H19N7O2S/c28-19(25-20-24-15(12-30-20)16-5-2-9-29-16)14-4-1-7-26(11-14)17-10-18(22-13-21-17)27-8-3-6-23-27/h2-3,5-6,8-10,12-14H,1,4,7,11H2,(H,24,25,28). The van der Waals surface area contributed by atoms with Gasteiger partial charge in [0.1, 0.15) is 17.8 Å². The van der Waals surface area contributed by atoms with Crippen molar-refractivity contribution in [1.82, 2.24) is 24.7 Å². The monoisotopic (exact) mass is 421 g/mol. The quantitative estimate of drug-likeness (QED) is 0.528. The van der Waals surface area contributed by atoms with E-state index in [9.17, 15) is 4.79 Å². The van der Waals surface area contributed by atoms with Gasteiger partial charge in [0.15, 0.2) is 16.7 Å². The molecule has 1 atom stereocenters. The number of carbonyl (C=O) groups is 1. The normalized spacial score (nSPS) is 16.5. The molecule has 10 heteroatoms. The van der Waals surface area contributed by atoms with Crippen molar-refractivity contribution >= 4 is 28.2 Å². The van der Waals surface area contributed by atoms with Crippen molar-refractivity contribution in [2.24, 2.45) is 5.92 Å². The van der Waals surface area contributed by atoms with Crippen LogP contribution < -0.4 is 10.2 Å². The van der Waals surface area contributed by atoms with E-state index in [0.717, 1.165) is 30.9 Å². The lowest BCUT2D eigenvalue weighted by atomic mass is 9.97. The predicted octanol–water partition coefficient (Wildman–Crippen LogP) is 3.23. The molecule has 1 aliphatic rings. The molecule has 1 N–H and O–H groups in total. The molecule has 1 saturated heterocycles. The van der Waals surface area contributed by atoms with E-state index in [1.807, 2.05) is 35.8 Å². The lowest BCUT2D eigenvalue weighted by Gasteiger charge is -2.32. The molecular formula is C20H19N7O2S. The van der Waals surface area contributed by atoms with E-state index in [4.69, 9.17) is 4.42 Å². The van der Waals surface area contributed by atoms with E-state index in [2.05, 4.69) is 30.3 Å². The zero-order chi connectivity index (χ0) is 20.3. The van der Waals surface area contributed by atoms with E-state index in [1.165, 1.54) is 17.7 Å². The molecule has 0 bridgehead atoms. The van der Waals surface area contributed by atoms with Crippen molar-refractivity contribution in [2.75, 3.05) is 23.3 Å². The molecule has 1 amide bonds. The third-order valence-corrected chi connectivity index (χ3v) is 5.76. The minimum atomic E-state index is -0.141. The number of thiazole rings is 1. The summed E-state index contributed by atoms with van der Waals surface area (Å²) < 4.78 is 7.05. The predicted molar refractivity (Wildman–Crippen MR) is 113 cm³/mol. The molecule has 30 heavy (non-hydrogen) atoms. The van der Waals surface area contributed by atoms with Crippen molar-refractivity contribution in [1.29, 1.82) is 0 Å². The number of amides is 1. The van der Waals surface area contributed by atoms with Gasteiger partial charge in [-0.15, -0.1) is 11.3 Å². The lowest BCUT2D eigenvalue weighted by Crippen LogP contribution is -2.41. The molecule has 9 nitrogen and oxygen atoms in total. The zero-order valence-corrected chi connectivity index (χ0v) is 16.8. The highest BCUT2D eigenvalue weighted by Gasteiger charge is 2.27. The molecule has 0 spiro atoms. The van der Waals surface area contributed by atoms with Crippen molar-refractivity contribution in [3.63, 3.8) is 0 Å². The molecule has 0 saturated carbocycles. The topological polar surface area (TPSA) is 102 Å². The van der Waals surface area contributed by atoms with Crippen LogP contribution in [0.25, 0.3) is 17.3 Å². The van der Waals surface area contributed by atoms with Gasteiger partial charge < -0.3 is 14.6 Å². The van der Waals surface area contributed by atoms with Crippen molar-refractivity contribution in [3.05, 3.63) is 54.6 Å². The highest BCUT2D eigenvalue weighted by molar-refractivity contribution is 7.14. The SMILES string of the molecule is O=C(Nc1nc(-c2ccco2)cs1)C1CCCN(c2cc(-n3cccn3)ncn2)C1.